The van der Waals surface area contributed by atoms with Crippen LogP contribution < -0.4 is 0 Å². The molecule has 17 heavy (non-hydrogen) atoms. The maximum Gasteiger partial charge on any atom is 0.0947 e. The van der Waals surface area contributed by atoms with E-state index in [1.807, 2.05) is 12.3 Å². The maximum atomic E-state index is 6.00. The van der Waals surface area contributed by atoms with Crippen LogP contribution in [0.4, 0.5) is 0 Å². The Kier molecular flexibility index (Phi) is 3.18. The molecule has 2 saturated heterocycles. The fraction of sp³-hybridized carbons (Fsp3) is 0.692. The van der Waals surface area contributed by atoms with Crippen LogP contribution in [0, 0.1) is 0 Å². The average molecular weight is 236 g/mol. The second-order valence-corrected chi connectivity index (χ2v) is 5.06. The van der Waals surface area contributed by atoms with Crippen molar-refractivity contribution in [3.63, 3.8) is 0 Å². The second-order valence-electron chi connectivity index (χ2n) is 5.06. The molecule has 2 bridgehead atoms. The van der Waals surface area contributed by atoms with Gasteiger partial charge in [-0.25, -0.2) is 0 Å². The van der Waals surface area contributed by atoms with Gasteiger partial charge in [-0.1, -0.05) is 6.92 Å². The Morgan fingerprint density at radius 2 is 1.88 bits per heavy atom. The first-order chi connectivity index (χ1) is 8.33. The van der Waals surface area contributed by atoms with Crippen molar-refractivity contribution < 1.29 is 9.15 Å². The summed E-state index contributed by atoms with van der Waals surface area (Å²) in [6, 6.07) is 2.05. The molecule has 2 atom stereocenters. The lowest BCUT2D eigenvalue weighted by molar-refractivity contribution is -0.139. The van der Waals surface area contributed by atoms with Crippen molar-refractivity contribution in [2.75, 3.05) is 32.7 Å². The number of likely N-dealkylation sites (N-methyl/N-ethyl adjacent to an activating group) is 1. The summed E-state index contributed by atoms with van der Waals surface area (Å²) in [5.74, 6) is 0. The van der Waals surface area contributed by atoms with E-state index >= 15 is 0 Å². The molecule has 3 heterocycles. The highest BCUT2D eigenvalue weighted by Gasteiger charge is 2.34. The number of hydrogen-bond donors (Lipinski definition) is 0. The molecule has 2 aliphatic heterocycles. The van der Waals surface area contributed by atoms with Gasteiger partial charge >= 0.3 is 0 Å². The monoisotopic (exact) mass is 236 g/mol. The molecule has 0 aromatic carbocycles. The number of hydrogen-bond acceptors (Lipinski definition) is 4. The van der Waals surface area contributed by atoms with Gasteiger partial charge in [0.2, 0.25) is 0 Å². The molecule has 0 spiro atoms. The number of nitrogens with zero attached hydrogens (tertiary/aromatic N) is 2. The van der Waals surface area contributed by atoms with E-state index < -0.39 is 0 Å². The first-order valence-electron chi connectivity index (χ1n) is 6.44. The van der Waals surface area contributed by atoms with Crippen molar-refractivity contribution in [2.24, 2.45) is 0 Å². The van der Waals surface area contributed by atoms with Crippen LogP contribution in [0.2, 0.25) is 0 Å². The normalized spacial score (nSPS) is 30.6. The summed E-state index contributed by atoms with van der Waals surface area (Å²) in [5.41, 5.74) is 1.26. The summed E-state index contributed by atoms with van der Waals surface area (Å²) in [6.45, 7) is 8.58. The number of morpholine rings is 2. The Morgan fingerprint density at radius 1 is 1.18 bits per heavy atom. The minimum Gasteiger partial charge on any atom is -0.472 e. The number of rotatable bonds is 3. The van der Waals surface area contributed by atoms with Gasteiger partial charge in [-0.15, -0.1) is 0 Å². The highest BCUT2D eigenvalue weighted by Crippen LogP contribution is 2.20. The van der Waals surface area contributed by atoms with Crippen LogP contribution in [0.25, 0.3) is 0 Å². The van der Waals surface area contributed by atoms with Crippen LogP contribution in [0.3, 0.4) is 0 Å². The molecular formula is C13H20N2O2. The fourth-order valence-electron chi connectivity index (χ4n) is 2.89. The molecule has 0 N–H and O–H groups in total. The topological polar surface area (TPSA) is 28.9 Å². The molecular weight excluding hydrogens is 216 g/mol. The third-order valence-corrected chi connectivity index (χ3v) is 3.67. The predicted molar refractivity (Wildman–Crippen MR) is 64.8 cm³/mol. The van der Waals surface area contributed by atoms with Crippen molar-refractivity contribution in [2.45, 2.75) is 25.7 Å². The second kappa shape index (κ2) is 4.80. The molecule has 0 aliphatic carbocycles. The molecule has 0 amide bonds. The van der Waals surface area contributed by atoms with E-state index in [1.165, 1.54) is 5.56 Å². The van der Waals surface area contributed by atoms with Crippen molar-refractivity contribution in [1.82, 2.24) is 9.80 Å². The maximum absolute atomic E-state index is 6.00. The molecule has 4 heteroatoms. The summed E-state index contributed by atoms with van der Waals surface area (Å²) in [7, 11) is 0. The fourth-order valence-corrected chi connectivity index (χ4v) is 2.89. The molecule has 0 unspecified atom stereocenters. The largest absolute Gasteiger partial charge is 0.472 e. The van der Waals surface area contributed by atoms with E-state index in [1.54, 1.807) is 6.26 Å². The Labute approximate surface area is 102 Å². The van der Waals surface area contributed by atoms with Crippen LogP contribution in [0.5, 0.6) is 0 Å². The van der Waals surface area contributed by atoms with Gasteiger partial charge < -0.3 is 9.15 Å². The Balaban J connectivity index is 1.60. The van der Waals surface area contributed by atoms with Crippen LogP contribution >= 0.6 is 0 Å². The first-order valence-corrected chi connectivity index (χ1v) is 6.44. The highest BCUT2D eigenvalue weighted by atomic mass is 16.5. The predicted octanol–water partition coefficient (Wildman–Crippen LogP) is 1.18. The minimum absolute atomic E-state index is 0.384. The zero-order valence-corrected chi connectivity index (χ0v) is 10.3. The van der Waals surface area contributed by atoms with Gasteiger partial charge in [0, 0.05) is 38.3 Å². The van der Waals surface area contributed by atoms with Gasteiger partial charge in [-0.3, -0.25) is 9.80 Å². The lowest BCUT2D eigenvalue weighted by Gasteiger charge is -2.45. The molecule has 2 fully saturated rings. The Morgan fingerprint density at radius 3 is 2.47 bits per heavy atom. The van der Waals surface area contributed by atoms with E-state index in [4.69, 9.17) is 9.15 Å². The van der Waals surface area contributed by atoms with Gasteiger partial charge in [-0.05, 0) is 12.6 Å². The number of fused-ring (bicyclic) bond motifs is 2. The molecule has 94 valence electrons. The van der Waals surface area contributed by atoms with Gasteiger partial charge in [0.05, 0.1) is 24.7 Å². The van der Waals surface area contributed by atoms with Crippen molar-refractivity contribution >= 4 is 0 Å². The van der Waals surface area contributed by atoms with Crippen LogP contribution in [-0.2, 0) is 11.3 Å². The van der Waals surface area contributed by atoms with E-state index in [0.717, 1.165) is 39.3 Å². The minimum atomic E-state index is 0.384. The molecule has 0 saturated carbocycles. The van der Waals surface area contributed by atoms with E-state index in [2.05, 4.69) is 16.7 Å². The molecule has 4 nitrogen and oxygen atoms in total. The van der Waals surface area contributed by atoms with Crippen molar-refractivity contribution in [1.29, 1.82) is 0 Å². The van der Waals surface area contributed by atoms with E-state index in [-0.39, 0.29) is 0 Å². The summed E-state index contributed by atoms with van der Waals surface area (Å²) in [4.78, 5) is 4.98. The van der Waals surface area contributed by atoms with Gasteiger partial charge in [0.1, 0.15) is 0 Å². The van der Waals surface area contributed by atoms with Crippen LogP contribution in [-0.4, -0.2) is 54.7 Å². The van der Waals surface area contributed by atoms with Crippen molar-refractivity contribution in [3.8, 4) is 0 Å². The Hall–Kier alpha value is -0.840. The molecule has 2 aliphatic rings. The third-order valence-electron chi connectivity index (χ3n) is 3.67. The van der Waals surface area contributed by atoms with E-state index in [0.29, 0.717) is 12.2 Å². The van der Waals surface area contributed by atoms with E-state index in [9.17, 15) is 0 Å². The molecule has 0 radical (unpaired) electrons. The zero-order valence-electron chi connectivity index (χ0n) is 10.3. The lowest BCUT2D eigenvalue weighted by atomic mass is 10.1. The van der Waals surface area contributed by atoms with Gasteiger partial charge in [0.15, 0.2) is 0 Å². The Bertz CT molecular complexity index is 338. The summed E-state index contributed by atoms with van der Waals surface area (Å²) in [6.07, 6.45) is 4.35. The standard InChI is InChI=1S/C13H20N2O2/c1-2-14-6-12-8-15(9-13(7-14)17-12)5-11-3-4-16-10-11/h3-4,10,12-13H,2,5-9H2,1H3/t12-,13+. The number of ether oxygens (including phenoxy) is 1. The lowest BCUT2D eigenvalue weighted by Crippen LogP contribution is -2.59. The summed E-state index contributed by atoms with van der Waals surface area (Å²) in [5, 5.41) is 0. The van der Waals surface area contributed by atoms with Gasteiger partial charge in [-0.2, -0.15) is 0 Å². The third kappa shape index (κ3) is 2.54. The SMILES string of the molecule is CCN1C[C@@H]2CN(Cc3ccoc3)C[C@H](C1)O2. The molecule has 1 aromatic heterocycles. The summed E-state index contributed by atoms with van der Waals surface area (Å²) >= 11 is 0. The smallest absolute Gasteiger partial charge is 0.0947 e. The van der Waals surface area contributed by atoms with Crippen LogP contribution in [0.15, 0.2) is 23.0 Å². The van der Waals surface area contributed by atoms with Crippen LogP contribution in [0.1, 0.15) is 12.5 Å². The average Bonchev–Trinajstić information content (AvgIpc) is 2.80. The van der Waals surface area contributed by atoms with Gasteiger partial charge in [0.25, 0.3) is 0 Å². The van der Waals surface area contributed by atoms with Crippen molar-refractivity contribution in [3.05, 3.63) is 24.2 Å². The quantitative estimate of drug-likeness (QED) is 0.788. The molecule has 1 aromatic rings. The first kappa shape index (κ1) is 11.3. The number of furan rings is 1. The zero-order chi connectivity index (χ0) is 11.7. The molecule has 3 rings (SSSR count). The summed E-state index contributed by atoms with van der Waals surface area (Å²) < 4.78 is 11.1. The highest BCUT2D eigenvalue weighted by molar-refractivity contribution is 5.05.